The zero-order chi connectivity index (χ0) is 20.9. The number of benzene rings is 1. The molecule has 0 radical (unpaired) electrons. The number of oxime groups is 1. The summed E-state index contributed by atoms with van der Waals surface area (Å²) in [6.45, 7) is 1.20. The molecule has 3 rings (SSSR count). The van der Waals surface area contributed by atoms with Gasteiger partial charge in [0.05, 0.1) is 16.2 Å². The fourth-order valence-corrected chi connectivity index (χ4v) is 3.67. The van der Waals surface area contributed by atoms with Gasteiger partial charge in [-0.2, -0.15) is 13.2 Å². The van der Waals surface area contributed by atoms with Crippen LogP contribution in [0.1, 0.15) is 23.2 Å². The van der Waals surface area contributed by atoms with Crippen LogP contribution in [0.25, 0.3) is 11.4 Å². The van der Waals surface area contributed by atoms with Crippen LogP contribution in [0, 0.1) is 6.92 Å². The van der Waals surface area contributed by atoms with E-state index in [2.05, 4.69) is 15.4 Å². The van der Waals surface area contributed by atoms with E-state index in [9.17, 15) is 31.6 Å². The Morgan fingerprint density at radius 2 is 1.93 bits per heavy atom. The average Bonchev–Trinajstić information content (AvgIpc) is 3.11. The number of halogens is 3. The Labute approximate surface area is 156 Å². The van der Waals surface area contributed by atoms with E-state index in [0.29, 0.717) is 0 Å². The highest BCUT2D eigenvalue weighted by Crippen LogP contribution is 2.42. The van der Waals surface area contributed by atoms with E-state index < -0.39 is 49.0 Å². The third-order valence-electron chi connectivity index (χ3n) is 3.98. The van der Waals surface area contributed by atoms with E-state index in [1.807, 2.05) is 0 Å². The van der Waals surface area contributed by atoms with E-state index in [-0.39, 0.29) is 29.2 Å². The minimum Gasteiger partial charge on any atom is -0.423 e. The van der Waals surface area contributed by atoms with Crippen molar-refractivity contribution in [2.45, 2.75) is 24.4 Å². The van der Waals surface area contributed by atoms with E-state index in [0.717, 1.165) is 18.4 Å². The van der Waals surface area contributed by atoms with E-state index >= 15 is 0 Å². The van der Waals surface area contributed by atoms with Crippen LogP contribution in [0.3, 0.4) is 0 Å². The van der Waals surface area contributed by atoms with Gasteiger partial charge in [0.2, 0.25) is 5.82 Å². The fourth-order valence-electron chi connectivity index (χ4n) is 2.77. The maximum absolute atomic E-state index is 14.0. The zero-order valence-corrected chi connectivity index (χ0v) is 15.3. The van der Waals surface area contributed by atoms with Crippen molar-refractivity contribution in [2.24, 2.45) is 5.16 Å². The van der Waals surface area contributed by atoms with E-state index in [4.69, 9.17) is 4.84 Å². The first-order chi connectivity index (χ1) is 12.9. The van der Waals surface area contributed by atoms with Gasteiger partial charge < -0.3 is 10.0 Å². The van der Waals surface area contributed by atoms with Crippen molar-refractivity contribution in [3.8, 4) is 11.4 Å². The minimum atomic E-state index is -5.07. The third kappa shape index (κ3) is 3.32. The molecule has 9 nitrogen and oxygen atoms in total. The number of nitrogens with zero attached hydrogens (tertiary/aromatic N) is 4. The van der Waals surface area contributed by atoms with Crippen LogP contribution in [0.2, 0.25) is 0 Å². The van der Waals surface area contributed by atoms with Gasteiger partial charge in [-0.3, -0.25) is 4.79 Å². The number of sulfone groups is 1. The Bertz CT molecular complexity index is 1160. The fraction of sp³-hybridized carbons (Fsp3) is 0.333. The topological polar surface area (TPSA) is 124 Å². The SMILES string of the molecule is Cc1nnc(-c2ccc(S(C)(=O)=O)c(C3=NOCC3)c2C(F)(F)F)n(O)c1=O. The number of hydrogen-bond donors (Lipinski definition) is 1. The first kappa shape index (κ1) is 19.8. The van der Waals surface area contributed by atoms with Crippen LogP contribution in [0.4, 0.5) is 13.2 Å². The van der Waals surface area contributed by atoms with Gasteiger partial charge in [-0.05, 0) is 19.1 Å². The van der Waals surface area contributed by atoms with Crippen molar-refractivity contribution in [1.82, 2.24) is 14.9 Å². The van der Waals surface area contributed by atoms with Crippen molar-refractivity contribution in [3.63, 3.8) is 0 Å². The molecule has 2 aromatic rings. The Hall–Kier alpha value is -2.96. The Balaban J connectivity index is 2.49. The molecule has 0 spiro atoms. The molecule has 150 valence electrons. The Morgan fingerprint density at radius 3 is 2.46 bits per heavy atom. The average molecular weight is 418 g/mol. The number of aromatic nitrogens is 3. The summed E-state index contributed by atoms with van der Waals surface area (Å²) in [5, 5.41) is 20.4. The molecule has 1 N–H and O–H groups in total. The molecule has 0 saturated heterocycles. The van der Waals surface area contributed by atoms with Gasteiger partial charge in [0.25, 0.3) is 0 Å². The molecule has 13 heteroatoms. The van der Waals surface area contributed by atoms with Crippen LogP contribution < -0.4 is 5.56 Å². The van der Waals surface area contributed by atoms with Crippen LogP contribution in [0.5, 0.6) is 0 Å². The summed E-state index contributed by atoms with van der Waals surface area (Å²) in [5.74, 6) is -0.788. The highest BCUT2D eigenvalue weighted by Gasteiger charge is 2.42. The molecule has 0 atom stereocenters. The zero-order valence-electron chi connectivity index (χ0n) is 14.5. The third-order valence-corrected chi connectivity index (χ3v) is 5.12. The second-order valence-corrected chi connectivity index (χ2v) is 7.96. The normalized spacial score (nSPS) is 14.7. The van der Waals surface area contributed by atoms with Crippen LogP contribution >= 0.6 is 0 Å². The first-order valence-electron chi connectivity index (χ1n) is 7.72. The summed E-state index contributed by atoms with van der Waals surface area (Å²) >= 11 is 0. The van der Waals surface area contributed by atoms with Crippen LogP contribution in [0.15, 0.2) is 27.0 Å². The van der Waals surface area contributed by atoms with Gasteiger partial charge in [0.1, 0.15) is 12.3 Å². The summed E-state index contributed by atoms with van der Waals surface area (Å²) in [6, 6.07) is 1.74. The Morgan fingerprint density at radius 1 is 1.25 bits per heavy atom. The molecular weight excluding hydrogens is 405 g/mol. The van der Waals surface area contributed by atoms with Crippen LogP contribution in [-0.4, -0.2) is 47.1 Å². The monoisotopic (exact) mass is 418 g/mol. The lowest BCUT2D eigenvalue weighted by molar-refractivity contribution is -0.137. The second-order valence-electron chi connectivity index (χ2n) is 5.98. The molecule has 0 amide bonds. The van der Waals surface area contributed by atoms with Gasteiger partial charge in [0.15, 0.2) is 9.84 Å². The smallest absolute Gasteiger partial charge is 0.417 e. The molecule has 1 aliphatic heterocycles. The van der Waals surface area contributed by atoms with Crippen molar-refractivity contribution >= 4 is 15.5 Å². The van der Waals surface area contributed by atoms with Crippen LogP contribution in [-0.2, 0) is 20.9 Å². The number of hydrogen-bond acceptors (Lipinski definition) is 8. The molecule has 0 bridgehead atoms. The summed E-state index contributed by atoms with van der Waals surface area (Å²) in [5.41, 5.74) is -4.37. The molecule has 1 aromatic carbocycles. The lowest BCUT2D eigenvalue weighted by Gasteiger charge is -2.19. The molecule has 0 saturated carbocycles. The summed E-state index contributed by atoms with van der Waals surface area (Å²) < 4.78 is 66.2. The summed E-state index contributed by atoms with van der Waals surface area (Å²) in [7, 11) is -4.08. The standard InChI is InChI=1S/C15H13F3N4O5S/c1-7-14(23)22(24)13(20-19-7)8-3-4-10(28(2,25)26)11(9-5-6-27-21-9)12(8)15(16,17)18/h3-4,24H,5-6H2,1-2H3. The predicted molar refractivity (Wildman–Crippen MR) is 88.9 cm³/mol. The summed E-state index contributed by atoms with van der Waals surface area (Å²) in [4.78, 5) is 16.0. The van der Waals surface area contributed by atoms with Gasteiger partial charge >= 0.3 is 11.7 Å². The number of alkyl halides is 3. The predicted octanol–water partition coefficient (Wildman–Crippen LogP) is 1.40. The van der Waals surface area contributed by atoms with Gasteiger partial charge in [0, 0.05) is 23.8 Å². The van der Waals surface area contributed by atoms with Crippen molar-refractivity contribution in [3.05, 3.63) is 39.3 Å². The van der Waals surface area contributed by atoms with E-state index in [1.54, 1.807) is 0 Å². The van der Waals surface area contributed by atoms with Crippen molar-refractivity contribution in [2.75, 3.05) is 12.9 Å². The largest absolute Gasteiger partial charge is 0.423 e. The Kier molecular flexibility index (Phi) is 4.65. The molecule has 0 aliphatic carbocycles. The summed E-state index contributed by atoms with van der Waals surface area (Å²) in [6.07, 6.45) is -4.37. The molecule has 0 fully saturated rings. The molecule has 0 unspecified atom stereocenters. The lowest BCUT2D eigenvalue weighted by atomic mass is 9.95. The maximum Gasteiger partial charge on any atom is 0.417 e. The minimum absolute atomic E-state index is 0.0187. The van der Waals surface area contributed by atoms with Crippen molar-refractivity contribution < 1.29 is 31.6 Å². The maximum atomic E-state index is 14.0. The molecular formula is C15H13F3N4O5S. The first-order valence-corrected chi connectivity index (χ1v) is 9.61. The highest BCUT2D eigenvalue weighted by molar-refractivity contribution is 7.90. The quantitative estimate of drug-likeness (QED) is 0.747. The molecule has 1 aromatic heterocycles. The number of aryl methyl sites for hydroxylation is 1. The van der Waals surface area contributed by atoms with Gasteiger partial charge in [-0.15, -0.1) is 14.9 Å². The van der Waals surface area contributed by atoms with Crippen molar-refractivity contribution in [1.29, 1.82) is 0 Å². The highest BCUT2D eigenvalue weighted by atomic mass is 32.2. The second kappa shape index (κ2) is 6.58. The molecule has 28 heavy (non-hydrogen) atoms. The van der Waals surface area contributed by atoms with E-state index in [1.165, 1.54) is 6.92 Å². The lowest BCUT2D eigenvalue weighted by Crippen LogP contribution is -2.26. The molecule has 1 aliphatic rings. The van der Waals surface area contributed by atoms with Gasteiger partial charge in [-0.25, -0.2) is 8.42 Å². The van der Waals surface area contributed by atoms with Gasteiger partial charge in [-0.1, -0.05) is 5.16 Å². The number of rotatable bonds is 3. The molecule has 2 heterocycles.